The molecule has 2 unspecified atom stereocenters. The van der Waals surface area contributed by atoms with E-state index in [0.717, 1.165) is 31.5 Å². The first-order valence-electron chi connectivity index (χ1n) is 7.88. The Kier molecular flexibility index (Phi) is 5.38. The molecule has 23 heavy (non-hydrogen) atoms. The van der Waals surface area contributed by atoms with E-state index in [2.05, 4.69) is 4.90 Å². The second kappa shape index (κ2) is 6.79. The number of hydrogen-bond acceptors (Lipinski definition) is 3. The lowest BCUT2D eigenvalue weighted by Crippen LogP contribution is -2.48. The van der Waals surface area contributed by atoms with E-state index in [9.17, 15) is 23.4 Å². The SMILES string of the molecule is CC(C)(O)C1CCCN1CC(O)Cc1ccc(C(F)(F)F)cc1. The van der Waals surface area contributed by atoms with E-state index in [1.54, 1.807) is 13.8 Å². The smallest absolute Gasteiger partial charge is 0.391 e. The summed E-state index contributed by atoms with van der Waals surface area (Å²) in [5.74, 6) is 0. The predicted molar refractivity (Wildman–Crippen MR) is 82.0 cm³/mol. The molecule has 0 aliphatic carbocycles. The van der Waals surface area contributed by atoms with Gasteiger partial charge in [-0.1, -0.05) is 12.1 Å². The summed E-state index contributed by atoms with van der Waals surface area (Å²) in [6, 6.07) is 4.90. The zero-order valence-corrected chi connectivity index (χ0v) is 13.5. The lowest BCUT2D eigenvalue weighted by atomic mass is 9.96. The highest BCUT2D eigenvalue weighted by Crippen LogP contribution is 2.30. The lowest BCUT2D eigenvalue weighted by molar-refractivity contribution is -0.137. The van der Waals surface area contributed by atoms with Gasteiger partial charge in [0.05, 0.1) is 17.3 Å². The van der Waals surface area contributed by atoms with Gasteiger partial charge in [-0.2, -0.15) is 13.2 Å². The van der Waals surface area contributed by atoms with Crippen molar-refractivity contribution in [1.29, 1.82) is 0 Å². The first-order valence-corrected chi connectivity index (χ1v) is 7.88. The van der Waals surface area contributed by atoms with Crippen LogP contribution in [0.2, 0.25) is 0 Å². The van der Waals surface area contributed by atoms with E-state index in [4.69, 9.17) is 0 Å². The number of β-amino-alcohol motifs (C(OH)–C–C–N with tert-alkyl or cyclic N) is 1. The van der Waals surface area contributed by atoms with Crippen molar-refractivity contribution in [3.63, 3.8) is 0 Å². The van der Waals surface area contributed by atoms with Gasteiger partial charge >= 0.3 is 6.18 Å². The van der Waals surface area contributed by atoms with E-state index in [1.165, 1.54) is 12.1 Å². The van der Waals surface area contributed by atoms with Gasteiger partial charge in [-0.05, 0) is 57.4 Å². The molecule has 0 saturated carbocycles. The molecule has 1 aliphatic rings. The maximum atomic E-state index is 12.5. The molecule has 1 saturated heterocycles. The largest absolute Gasteiger partial charge is 0.416 e. The molecule has 0 amide bonds. The second-order valence-corrected chi connectivity index (χ2v) is 6.86. The Hall–Kier alpha value is -1.11. The van der Waals surface area contributed by atoms with Gasteiger partial charge < -0.3 is 10.2 Å². The zero-order valence-electron chi connectivity index (χ0n) is 13.5. The fraction of sp³-hybridized carbons (Fsp3) is 0.647. The molecule has 0 spiro atoms. The molecule has 1 heterocycles. The Morgan fingerprint density at radius 1 is 1.22 bits per heavy atom. The van der Waals surface area contributed by atoms with Crippen molar-refractivity contribution in [3.05, 3.63) is 35.4 Å². The van der Waals surface area contributed by atoms with Gasteiger partial charge in [-0.25, -0.2) is 0 Å². The van der Waals surface area contributed by atoms with Gasteiger partial charge in [0.15, 0.2) is 0 Å². The minimum absolute atomic E-state index is 0.00440. The third-order valence-corrected chi connectivity index (χ3v) is 4.38. The average molecular weight is 331 g/mol. The van der Waals surface area contributed by atoms with Crippen molar-refractivity contribution in [2.75, 3.05) is 13.1 Å². The fourth-order valence-corrected chi connectivity index (χ4v) is 3.28. The number of nitrogens with zero attached hydrogens (tertiary/aromatic N) is 1. The number of aliphatic hydroxyl groups excluding tert-OH is 1. The van der Waals surface area contributed by atoms with Crippen molar-refractivity contribution in [1.82, 2.24) is 4.90 Å². The molecule has 6 heteroatoms. The molecule has 2 rings (SSSR count). The molecule has 1 aromatic carbocycles. The number of rotatable bonds is 5. The summed E-state index contributed by atoms with van der Waals surface area (Å²) in [6.07, 6.45) is -2.85. The van der Waals surface area contributed by atoms with Gasteiger partial charge in [0.2, 0.25) is 0 Å². The quantitative estimate of drug-likeness (QED) is 0.872. The van der Waals surface area contributed by atoms with Crippen LogP contribution in [0, 0.1) is 0 Å². The Morgan fingerprint density at radius 2 is 1.83 bits per heavy atom. The van der Waals surface area contributed by atoms with Crippen LogP contribution in [0.25, 0.3) is 0 Å². The van der Waals surface area contributed by atoms with E-state index in [1.807, 2.05) is 0 Å². The molecule has 130 valence electrons. The number of likely N-dealkylation sites (tertiary alicyclic amines) is 1. The molecule has 1 aromatic rings. The summed E-state index contributed by atoms with van der Waals surface area (Å²) in [7, 11) is 0. The van der Waals surface area contributed by atoms with Crippen LogP contribution in [-0.2, 0) is 12.6 Å². The Balaban J connectivity index is 1.93. The molecular formula is C17H24F3NO2. The van der Waals surface area contributed by atoms with Gasteiger partial charge in [-0.3, -0.25) is 4.90 Å². The highest BCUT2D eigenvalue weighted by Gasteiger charge is 2.36. The summed E-state index contributed by atoms with van der Waals surface area (Å²) >= 11 is 0. The second-order valence-electron chi connectivity index (χ2n) is 6.86. The topological polar surface area (TPSA) is 43.7 Å². The van der Waals surface area contributed by atoms with Crippen molar-refractivity contribution >= 4 is 0 Å². The van der Waals surface area contributed by atoms with Crippen LogP contribution in [0.4, 0.5) is 13.2 Å². The van der Waals surface area contributed by atoms with Gasteiger partial charge in [0.25, 0.3) is 0 Å². The maximum Gasteiger partial charge on any atom is 0.416 e. The van der Waals surface area contributed by atoms with Crippen LogP contribution < -0.4 is 0 Å². The highest BCUT2D eigenvalue weighted by atomic mass is 19.4. The minimum Gasteiger partial charge on any atom is -0.391 e. The molecule has 0 aromatic heterocycles. The summed E-state index contributed by atoms with van der Waals surface area (Å²) in [5.41, 5.74) is -0.841. The average Bonchev–Trinajstić information content (AvgIpc) is 2.86. The van der Waals surface area contributed by atoms with Gasteiger partial charge in [0, 0.05) is 12.6 Å². The van der Waals surface area contributed by atoms with Crippen LogP contribution in [-0.4, -0.2) is 45.9 Å². The van der Waals surface area contributed by atoms with Gasteiger partial charge in [-0.15, -0.1) is 0 Å². The fourth-order valence-electron chi connectivity index (χ4n) is 3.28. The Labute approximate surface area is 134 Å². The van der Waals surface area contributed by atoms with E-state index in [0.29, 0.717) is 18.5 Å². The minimum atomic E-state index is -4.34. The highest BCUT2D eigenvalue weighted by molar-refractivity contribution is 5.25. The molecule has 2 N–H and O–H groups in total. The van der Waals surface area contributed by atoms with Crippen molar-refractivity contribution in [2.45, 2.75) is 57.0 Å². The first kappa shape index (κ1) is 18.2. The zero-order chi connectivity index (χ0) is 17.3. The van der Waals surface area contributed by atoms with Crippen LogP contribution >= 0.6 is 0 Å². The molecular weight excluding hydrogens is 307 g/mol. The van der Waals surface area contributed by atoms with Crippen LogP contribution in [0.3, 0.4) is 0 Å². The molecule has 1 fully saturated rings. The van der Waals surface area contributed by atoms with E-state index < -0.39 is 23.4 Å². The lowest BCUT2D eigenvalue weighted by Gasteiger charge is -2.34. The van der Waals surface area contributed by atoms with E-state index in [-0.39, 0.29) is 6.04 Å². The molecule has 2 atom stereocenters. The summed E-state index contributed by atoms with van der Waals surface area (Å²) < 4.78 is 37.6. The van der Waals surface area contributed by atoms with Crippen LogP contribution in [0.1, 0.15) is 37.8 Å². The summed E-state index contributed by atoms with van der Waals surface area (Å²) in [4.78, 5) is 2.06. The van der Waals surface area contributed by atoms with Gasteiger partial charge in [0.1, 0.15) is 0 Å². The number of hydrogen-bond donors (Lipinski definition) is 2. The molecule has 3 nitrogen and oxygen atoms in total. The van der Waals surface area contributed by atoms with Crippen molar-refractivity contribution in [3.8, 4) is 0 Å². The Bertz CT molecular complexity index is 508. The summed E-state index contributed by atoms with van der Waals surface area (Å²) in [6.45, 7) is 4.75. The molecule has 0 radical (unpaired) electrons. The third-order valence-electron chi connectivity index (χ3n) is 4.38. The number of aliphatic hydroxyl groups is 2. The van der Waals surface area contributed by atoms with Crippen LogP contribution in [0.15, 0.2) is 24.3 Å². The molecule has 1 aliphatic heterocycles. The van der Waals surface area contributed by atoms with Crippen LogP contribution in [0.5, 0.6) is 0 Å². The maximum absolute atomic E-state index is 12.5. The van der Waals surface area contributed by atoms with E-state index >= 15 is 0 Å². The standard InChI is InChI=1S/C17H24F3NO2/c1-16(2,23)15-4-3-9-21(15)11-14(22)10-12-5-7-13(8-6-12)17(18,19)20/h5-8,14-15,22-23H,3-4,9-11H2,1-2H3. The molecule has 0 bridgehead atoms. The Morgan fingerprint density at radius 3 is 2.35 bits per heavy atom. The predicted octanol–water partition coefficient (Wildman–Crippen LogP) is 2.84. The normalized spacial score (nSPS) is 21.6. The monoisotopic (exact) mass is 331 g/mol. The first-order chi connectivity index (χ1) is 10.6. The summed E-state index contributed by atoms with van der Waals surface area (Å²) in [5, 5.41) is 20.4. The third kappa shape index (κ3) is 4.93. The van der Waals surface area contributed by atoms with Crippen molar-refractivity contribution in [2.24, 2.45) is 0 Å². The number of alkyl halides is 3. The van der Waals surface area contributed by atoms with Crippen molar-refractivity contribution < 1.29 is 23.4 Å². The number of halogens is 3. The number of benzene rings is 1.